The number of nitrogens with one attached hydrogen (secondary N) is 2. The molecule has 2 amide bonds. The lowest BCUT2D eigenvalue weighted by atomic mass is 9.93. The van der Waals surface area contributed by atoms with Crippen molar-refractivity contribution in [1.82, 2.24) is 30.2 Å². The summed E-state index contributed by atoms with van der Waals surface area (Å²) in [4.78, 5) is 95.8. The molecule has 7 N–H and O–H groups in total. The molecule has 0 spiro atoms. The van der Waals surface area contributed by atoms with Gasteiger partial charge in [0.15, 0.2) is 22.7 Å². The number of carboxylic acids is 1. The van der Waals surface area contributed by atoms with Gasteiger partial charge in [-0.3, -0.25) is 33.8 Å². The number of halogens is 5. The number of hydrogen-bond donors (Lipinski definition) is 5. The third-order valence-electron chi connectivity index (χ3n) is 10.7. The Hall–Kier alpha value is -5.68. The molecule has 20 heteroatoms. The Morgan fingerprint density at radius 3 is 2.03 bits per heavy atom. The van der Waals surface area contributed by atoms with Crippen LogP contribution in [0.4, 0.5) is 5.95 Å². The van der Waals surface area contributed by atoms with Crippen LogP contribution in [0.25, 0.3) is 23.3 Å². The van der Waals surface area contributed by atoms with E-state index in [4.69, 9.17) is 57.9 Å². The number of rotatable bonds is 18. The van der Waals surface area contributed by atoms with Crippen LogP contribution in [0.5, 0.6) is 0 Å². The molecule has 1 fully saturated rings. The number of aromatic amines is 1. The molecule has 2 atom stereocenters. The van der Waals surface area contributed by atoms with E-state index in [0.717, 1.165) is 5.56 Å². The van der Waals surface area contributed by atoms with Crippen LogP contribution in [0.3, 0.4) is 0 Å². The van der Waals surface area contributed by atoms with E-state index in [1.807, 2.05) is 0 Å². The number of nitrogen functional groups attached to an aromatic ring is 1. The summed E-state index contributed by atoms with van der Waals surface area (Å²) in [6.07, 6.45) is 6.22. The first kappa shape index (κ1) is 51.3. The van der Waals surface area contributed by atoms with Crippen LogP contribution >= 0.6 is 58.8 Å². The number of benzene rings is 3. The van der Waals surface area contributed by atoms with E-state index in [2.05, 4.69) is 25.3 Å². The van der Waals surface area contributed by atoms with Crippen LogP contribution in [-0.4, -0.2) is 85.0 Å². The van der Waals surface area contributed by atoms with Crippen molar-refractivity contribution in [3.05, 3.63) is 136 Å². The Labute approximate surface area is 405 Å². The fraction of sp³-hybridized carbons (Fsp3) is 0.283. The second kappa shape index (κ2) is 23.7. The van der Waals surface area contributed by atoms with Gasteiger partial charge in [-0.15, -0.1) is 12.4 Å². The van der Waals surface area contributed by atoms with Crippen molar-refractivity contribution >= 4 is 117 Å². The van der Waals surface area contributed by atoms with Crippen molar-refractivity contribution in [3.8, 4) is 0 Å². The van der Waals surface area contributed by atoms with Gasteiger partial charge in [0.1, 0.15) is 6.04 Å². The molecule has 2 aromatic heterocycles. The van der Waals surface area contributed by atoms with Gasteiger partial charge in [-0.05, 0) is 98.2 Å². The SMILES string of the molecule is Cl.NCCCC[C@@H](NC(=O)CC[C@@H](CC(=O)c1ccc(CCc2cnc3c(=O)[nH]c(N)nc3n2)cc1)C(=O)O)C(=O)N1C/C(=C\c2ccc(Cl)c(Cl)c2)C(=O)/C(=C/c2ccc(Cl)c(Cl)c2)C1. The molecule has 15 nitrogen and oxygen atoms in total. The maximum Gasteiger partial charge on any atom is 0.306 e. The van der Waals surface area contributed by atoms with E-state index >= 15 is 0 Å². The highest BCUT2D eigenvalue weighted by molar-refractivity contribution is 6.42. The summed E-state index contributed by atoms with van der Waals surface area (Å²) < 4.78 is 0. The number of Topliss-reactive ketones (excluding diaryl/α,β-unsaturated/α-hetero) is 2. The lowest BCUT2D eigenvalue weighted by molar-refractivity contribution is -0.142. The first-order valence-corrected chi connectivity index (χ1v) is 22.1. The van der Waals surface area contributed by atoms with E-state index in [1.54, 1.807) is 72.8 Å². The molecule has 1 aliphatic rings. The minimum Gasteiger partial charge on any atom is -0.481 e. The number of unbranched alkanes of at least 4 members (excludes halogenated alkanes) is 1. The zero-order valence-corrected chi connectivity index (χ0v) is 39.0. The summed E-state index contributed by atoms with van der Waals surface area (Å²) in [7, 11) is 0. The van der Waals surface area contributed by atoms with E-state index < -0.39 is 41.1 Å². The molecule has 66 heavy (non-hydrogen) atoms. The van der Waals surface area contributed by atoms with Crippen molar-refractivity contribution in [2.75, 3.05) is 25.4 Å². The van der Waals surface area contributed by atoms with Crippen molar-refractivity contribution in [1.29, 1.82) is 0 Å². The van der Waals surface area contributed by atoms with Crippen molar-refractivity contribution < 1.29 is 29.1 Å². The number of aryl methyl sites for hydroxylation is 2. The van der Waals surface area contributed by atoms with Gasteiger partial charge < -0.3 is 26.8 Å². The quantitative estimate of drug-likeness (QED) is 0.0328. The molecule has 346 valence electrons. The van der Waals surface area contributed by atoms with E-state index in [-0.39, 0.29) is 95.3 Å². The zero-order chi connectivity index (χ0) is 46.8. The average Bonchev–Trinajstić information content (AvgIpc) is 3.27. The number of aliphatic carboxylic acids is 1. The number of ketones is 2. The number of carbonyl (C=O) groups excluding carboxylic acids is 4. The number of amides is 2. The Balaban J connectivity index is 0.00000817. The highest BCUT2D eigenvalue weighted by atomic mass is 35.5. The second-order valence-electron chi connectivity index (χ2n) is 15.5. The van der Waals surface area contributed by atoms with Gasteiger partial charge in [0, 0.05) is 48.8 Å². The maximum absolute atomic E-state index is 14.4. The van der Waals surface area contributed by atoms with Gasteiger partial charge in [-0.1, -0.05) is 82.8 Å². The van der Waals surface area contributed by atoms with Crippen LogP contribution in [0.2, 0.25) is 20.1 Å². The molecule has 1 saturated heterocycles. The Morgan fingerprint density at radius 2 is 1.45 bits per heavy atom. The molecule has 0 aliphatic carbocycles. The lowest BCUT2D eigenvalue weighted by Gasteiger charge is -2.33. The van der Waals surface area contributed by atoms with Crippen LogP contribution in [0, 0.1) is 5.92 Å². The molecule has 0 bridgehead atoms. The van der Waals surface area contributed by atoms with Crippen molar-refractivity contribution in [3.63, 3.8) is 0 Å². The van der Waals surface area contributed by atoms with Crippen LogP contribution in [0.1, 0.15) is 71.3 Å². The summed E-state index contributed by atoms with van der Waals surface area (Å²) in [5, 5.41) is 14.1. The van der Waals surface area contributed by atoms with Gasteiger partial charge in [-0.25, -0.2) is 9.97 Å². The number of anilines is 1. The molecule has 6 rings (SSSR count). The summed E-state index contributed by atoms with van der Waals surface area (Å²) in [5.74, 6) is -4.25. The van der Waals surface area contributed by atoms with E-state index in [9.17, 15) is 33.9 Å². The Kier molecular flexibility index (Phi) is 18.4. The third kappa shape index (κ3) is 13.7. The van der Waals surface area contributed by atoms with Gasteiger partial charge in [0.05, 0.1) is 31.7 Å². The number of H-pyrrole nitrogens is 1. The van der Waals surface area contributed by atoms with E-state index in [0.29, 0.717) is 64.7 Å². The molecular weight excluding hydrogens is 954 g/mol. The molecule has 0 unspecified atom stereocenters. The number of hydrogen-bond acceptors (Lipinski definition) is 11. The summed E-state index contributed by atoms with van der Waals surface area (Å²) in [6, 6.07) is 15.5. The van der Waals surface area contributed by atoms with Crippen LogP contribution < -0.4 is 22.3 Å². The number of aromatic nitrogens is 4. The summed E-state index contributed by atoms with van der Waals surface area (Å²) >= 11 is 24.8. The number of carbonyl (C=O) groups is 5. The van der Waals surface area contributed by atoms with Gasteiger partial charge >= 0.3 is 5.97 Å². The Bertz CT molecular complexity index is 2690. The maximum atomic E-state index is 14.4. The molecule has 5 aromatic rings. The van der Waals surface area contributed by atoms with Gasteiger partial charge in [0.2, 0.25) is 17.8 Å². The first-order valence-electron chi connectivity index (χ1n) is 20.6. The standard InChI is InChI=1S/C46H44Cl4N8O7.ClH/c47-33-13-7-26(19-35(33)49)17-30-23-58(24-31(41(30)61)18-27-8-14-34(48)36(50)20-27)44(63)37(3-1-2-16-51)55-39(60)15-11-29(45(64)65)21-38(59)28-9-4-25(5-10-28)6-12-32-22-53-40-42(54-32)56-46(52)57-43(40)62;/h4-5,7-10,13-14,17-20,22,29,37H,1-3,6,11-12,15-16,21,23-24,51H2,(H,55,60)(H,64,65)(H3,52,54,56,57,62);1H/b30-17+,31-18+;/t29-,37+;/m0./s1. The van der Waals surface area contributed by atoms with Gasteiger partial charge in [0.25, 0.3) is 5.56 Å². The molecule has 3 heterocycles. The molecule has 0 radical (unpaired) electrons. The fourth-order valence-corrected chi connectivity index (χ4v) is 7.83. The minimum atomic E-state index is -1.24. The van der Waals surface area contributed by atoms with Crippen LogP contribution in [-0.2, 0) is 32.0 Å². The summed E-state index contributed by atoms with van der Waals surface area (Å²) in [6.45, 7) is 0.191. The topological polar surface area (TPSA) is 244 Å². The number of carboxylic acid groups (broad SMARTS) is 1. The number of likely N-dealkylation sites (tertiary alicyclic amines) is 1. The number of nitrogens with two attached hydrogens (primary N) is 2. The largest absolute Gasteiger partial charge is 0.481 e. The smallest absolute Gasteiger partial charge is 0.306 e. The van der Waals surface area contributed by atoms with Crippen LogP contribution in [0.15, 0.2) is 82.8 Å². The predicted molar refractivity (Wildman–Crippen MR) is 258 cm³/mol. The summed E-state index contributed by atoms with van der Waals surface area (Å²) in [5.41, 5.74) is 14.6. The highest BCUT2D eigenvalue weighted by Gasteiger charge is 2.34. The molecule has 0 saturated carbocycles. The normalized spacial score (nSPS) is 14.8. The molecule has 3 aromatic carbocycles. The molecular formula is C46H45Cl5N8O7. The van der Waals surface area contributed by atoms with Crippen molar-refractivity contribution in [2.45, 2.75) is 57.4 Å². The lowest BCUT2D eigenvalue weighted by Crippen LogP contribution is -2.52. The first-order chi connectivity index (χ1) is 31.1. The third-order valence-corrected chi connectivity index (χ3v) is 12.2. The number of piperidine rings is 1. The zero-order valence-electron chi connectivity index (χ0n) is 35.2. The predicted octanol–water partition coefficient (Wildman–Crippen LogP) is 7.36. The van der Waals surface area contributed by atoms with Crippen molar-refractivity contribution in [2.24, 2.45) is 11.7 Å². The second-order valence-corrected chi connectivity index (χ2v) is 17.1. The van der Waals surface area contributed by atoms with Gasteiger partial charge in [-0.2, -0.15) is 4.98 Å². The monoisotopic (exact) mass is 996 g/mol. The molecule has 1 aliphatic heterocycles. The number of nitrogens with zero attached hydrogens (tertiary/aromatic N) is 4. The fourth-order valence-electron chi connectivity index (χ4n) is 7.22. The van der Waals surface area contributed by atoms with E-state index in [1.165, 1.54) is 11.1 Å². The Morgan fingerprint density at radius 1 is 0.833 bits per heavy atom. The average molecular weight is 999 g/mol. The minimum absolute atomic E-state index is 0. The highest BCUT2D eigenvalue weighted by Crippen LogP contribution is 2.29. The number of fused-ring (bicyclic) bond motifs is 1.